The molecule has 1 spiro atoms. The number of hydrogen-bond acceptors (Lipinski definition) is 5. The molecule has 1 aromatic carbocycles. The van der Waals surface area contributed by atoms with Gasteiger partial charge in [0.25, 0.3) is 0 Å². The average molecular weight is 410 g/mol. The molecule has 0 radical (unpaired) electrons. The lowest BCUT2D eigenvalue weighted by atomic mass is 9.90. The molecule has 1 atom stereocenters. The van der Waals surface area contributed by atoms with Crippen molar-refractivity contribution in [2.45, 2.75) is 19.3 Å². The molecule has 0 unspecified atom stereocenters. The molecule has 1 aromatic heterocycles. The van der Waals surface area contributed by atoms with Gasteiger partial charge in [0.1, 0.15) is 0 Å². The largest absolute Gasteiger partial charge is 0.454 e. The number of nitrogens with zero attached hydrogens (tertiary/aromatic N) is 1. The SMILES string of the molecule is O=C(Nc1ccc2c(c1)OCO2)[C@H]1CC12CCN(C(=O)/C=C/c1cccs1)CC2. The Labute approximate surface area is 173 Å². The number of thiophene rings is 1. The molecule has 150 valence electrons. The molecule has 5 rings (SSSR count). The number of nitrogens with one attached hydrogen (secondary N) is 1. The Bertz CT molecular complexity index is 961. The van der Waals surface area contributed by atoms with Crippen LogP contribution >= 0.6 is 11.3 Å². The quantitative estimate of drug-likeness (QED) is 0.780. The zero-order valence-corrected chi connectivity index (χ0v) is 16.7. The van der Waals surface area contributed by atoms with E-state index < -0.39 is 0 Å². The van der Waals surface area contributed by atoms with E-state index in [-0.39, 0.29) is 29.9 Å². The van der Waals surface area contributed by atoms with Crippen LogP contribution in [-0.2, 0) is 9.59 Å². The summed E-state index contributed by atoms with van der Waals surface area (Å²) in [6.07, 6.45) is 6.18. The van der Waals surface area contributed by atoms with E-state index in [4.69, 9.17) is 9.47 Å². The fraction of sp³-hybridized carbons (Fsp3) is 0.364. The van der Waals surface area contributed by atoms with Gasteiger partial charge in [0.05, 0.1) is 0 Å². The van der Waals surface area contributed by atoms with Gasteiger partial charge in [-0.1, -0.05) is 6.07 Å². The Morgan fingerprint density at radius 1 is 1.17 bits per heavy atom. The first-order valence-corrected chi connectivity index (χ1v) is 10.7. The van der Waals surface area contributed by atoms with E-state index in [1.165, 1.54) is 0 Å². The summed E-state index contributed by atoms with van der Waals surface area (Å²) in [5, 5.41) is 5.01. The van der Waals surface area contributed by atoms with Crippen molar-refractivity contribution in [3.63, 3.8) is 0 Å². The van der Waals surface area contributed by atoms with Crippen molar-refractivity contribution in [3.8, 4) is 11.5 Å². The summed E-state index contributed by atoms with van der Waals surface area (Å²) in [5.74, 6) is 1.50. The number of piperidine rings is 1. The van der Waals surface area contributed by atoms with Crippen LogP contribution < -0.4 is 14.8 Å². The van der Waals surface area contributed by atoms with Gasteiger partial charge in [-0.2, -0.15) is 0 Å². The standard InChI is InChI=1S/C22H22N2O4S/c25-20(6-4-16-2-1-11-29-16)24-9-7-22(8-10-24)13-17(22)21(26)23-15-3-5-18-19(12-15)28-14-27-18/h1-6,11-12,17H,7-10,13-14H2,(H,23,26)/b6-4+/t17-/m1/s1. The predicted molar refractivity (Wildman–Crippen MR) is 111 cm³/mol. The summed E-state index contributed by atoms with van der Waals surface area (Å²) in [6.45, 7) is 1.64. The first-order valence-electron chi connectivity index (χ1n) is 9.84. The maximum absolute atomic E-state index is 12.7. The number of hydrogen-bond donors (Lipinski definition) is 1. The number of fused-ring (bicyclic) bond motifs is 1. The monoisotopic (exact) mass is 410 g/mol. The van der Waals surface area contributed by atoms with Gasteiger partial charge in [0.2, 0.25) is 18.6 Å². The number of carbonyl (C=O) groups is 2. The summed E-state index contributed by atoms with van der Waals surface area (Å²) < 4.78 is 10.7. The Morgan fingerprint density at radius 3 is 2.79 bits per heavy atom. The van der Waals surface area contributed by atoms with E-state index in [0.29, 0.717) is 24.6 Å². The molecule has 2 amide bonds. The fourth-order valence-corrected chi connectivity index (χ4v) is 4.91. The molecular formula is C22H22N2O4S. The lowest BCUT2D eigenvalue weighted by molar-refractivity contribution is -0.127. The van der Waals surface area contributed by atoms with Crippen molar-refractivity contribution in [1.29, 1.82) is 0 Å². The van der Waals surface area contributed by atoms with Crippen LogP contribution in [0.2, 0.25) is 0 Å². The van der Waals surface area contributed by atoms with Crippen molar-refractivity contribution < 1.29 is 19.1 Å². The maximum atomic E-state index is 12.7. The number of amides is 2. The third-order valence-electron chi connectivity index (χ3n) is 6.15. The Morgan fingerprint density at radius 2 is 2.00 bits per heavy atom. The van der Waals surface area contributed by atoms with Crippen LogP contribution in [0.4, 0.5) is 5.69 Å². The van der Waals surface area contributed by atoms with Crippen LogP contribution in [0.5, 0.6) is 11.5 Å². The molecule has 29 heavy (non-hydrogen) atoms. The highest BCUT2D eigenvalue weighted by Crippen LogP contribution is 2.59. The molecule has 1 saturated heterocycles. The second kappa shape index (κ2) is 7.22. The molecule has 6 nitrogen and oxygen atoms in total. The number of likely N-dealkylation sites (tertiary alicyclic amines) is 1. The van der Waals surface area contributed by atoms with Gasteiger partial charge in [-0.3, -0.25) is 9.59 Å². The Hall–Kier alpha value is -2.80. The molecule has 7 heteroatoms. The van der Waals surface area contributed by atoms with Crippen LogP contribution in [0.15, 0.2) is 41.8 Å². The fourth-order valence-electron chi connectivity index (χ4n) is 4.29. The van der Waals surface area contributed by atoms with Gasteiger partial charge in [0.15, 0.2) is 11.5 Å². The predicted octanol–water partition coefficient (Wildman–Crippen LogP) is 3.76. The van der Waals surface area contributed by atoms with Gasteiger partial charge >= 0.3 is 0 Å². The molecule has 3 aliphatic rings. The van der Waals surface area contributed by atoms with Crippen molar-refractivity contribution in [1.82, 2.24) is 4.90 Å². The van der Waals surface area contributed by atoms with Crippen molar-refractivity contribution in [3.05, 3.63) is 46.7 Å². The first kappa shape index (κ1) is 18.2. The summed E-state index contributed by atoms with van der Waals surface area (Å²) in [5.41, 5.74) is 0.780. The average Bonchev–Trinajstić information content (AvgIpc) is 3.09. The van der Waals surface area contributed by atoms with E-state index in [1.807, 2.05) is 40.6 Å². The molecular weight excluding hydrogens is 388 g/mol. The molecule has 1 aliphatic carbocycles. The number of anilines is 1. The summed E-state index contributed by atoms with van der Waals surface area (Å²) in [6, 6.07) is 9.42. The summed E-state index contributed by atoms with van der Waals surface area (Å²) in [4.78, 5) is 28.1. The van der Waals surface area contributed by atoms with Crippen molar-refractivity contribution in [2.75, 3.05) is 25.2 Å². The minimum atomic E-state index is 0.0202. The summed E-state index contributed by atoms with van der Waals surface area (Å²) >= 11 is 1.62. The first-order chi connectivity index (χ1) is 14.1. The Kier molecular flexibility index (Phi) is 4.54. The number of rotatable bonds is 4. The van der Waals surface area contributed by atoms with E-state index >= 15 is 0 Å². The van der Waals surface area contributed by atoms with Gasteiger partial charge in [0, 0.05) is 41.7 Å². The second-order valence-electron chi connectivity index (χ2n) is 7.85. The van der Waals surface area contributed by atoms with Crippen molar-refractivity contribution in [2.24, 2.45) is 11.3 Å². The van der Waals surface area contributed by atoms with E-state index in [9.17, 15) is 9.59 Å². The third-order valence-corrected chi connectivity index (χ3v) is 6.99. The van der Waals surface area contributed by atoms with Crippen LogP contribution in [0.1, 0.15) is 24.1 Å². The highest BCUT2D eigenvalue weighted by atomic mass is 32.1. The maximum Gasteiger partial charge on any atom is 0.246 e. The minimum Gasteiger partial charge on any atom is -0.454 e. The lowest BCUT2D eigenvalue weighted by Gasteiger charge is -2.32. The van der Waals surface area contributed by atoms with E-state index in [1.54, 1.807) is 23.5 Å². The molecule has 0 bridgehead atoms. The smallest absolute Gasteiger partial charge is 0.246 e. The number of benzene rings is 1. The normalized spacial score (nSPS) is 21.5. The third kappa shape index (κ3) is 3.62. The van der Waals surface area contributed by atoms with Crippen molar-refractivity contribution >= 4 is 34.9 Å². The molecule has 2 aromatic rings. The Balaban J connectivity index is 1.14. The minimum absolute atomic E-state index is 0.0202. The molecule has 1 N–H and O–H groups in total. The highest BCUT2D eigenvalue weighted by Gasteiger charge is 2.58. The van der Waals surface area contributed by atoms with Gasteiger partial charge in [-0.25, -0.2) is 0 Å². The van der Waals surface area contributed by atoms with E-state index in [0.717, 1.165) is 29.8 Å². The molecule has 2 fully saturated rings. The lowest BCUT2D eigenvalue weighted by Crippen LogP contribution is -2.39. The van der Waals surface area contributed by atoms with Crippen LogP contribution in [0.25, 0.3) is 6.08 Å². The van der Waals surface area contributed by atoms with E-state index in [2.05, 4.69) is 5.32 Å². The van der Waals surface area contributed by atoms with Crippen LogP contribution in [0.3, 0.4) is 0 Å². The van der Waals surface area contributed by atoms with Crippen LogP contribution in [0, 0.1) is 11.3 Å². The van der Waals surface area contributed by atoms with Gasteiger partial charge in [-0.15, -0.1) is 11.3 Å². The van der Waals surface area contributed by atoms with Gasteiger partial charge < -0.3 is 19.7 Å². The number of ether oxygens (including phenoxy) is 2. The molecule has 1 saturated carbocycles. The molecule has 3 heterocycles. The van der Waals surface area contributed by atoms with Crippen LogP contribution in [-0.4, -0.2) is 36.6 Å². The second-order valence-corrected chi connectivity index (χ2v) is 8.83. The van der Waals surface area contributed by atoms with Gasteiger partial charge in [-0.05, 0) is 54.3 Å². The topological polar surface area (TPSA) is 67.9 Å². The summed E-state index contributed by atoms with van der Waals surface area (Å²) in [7, 11) is 0. The zero-order chi connectivity index (χ0) is 19.8. The highest BCUT2D eigenvalue weighted by molar-refractivity contribution is 7.10. The number of carbonyl (C=O) groups excluding carboxylic acids is 2. The zero-order valence-electron chi connectivity index (χ0n) is 15.9. The molecule has 2 aliphatic heterocycles.